The molecule has 0 bridgehead atoms. The molecule has 0 fully saturated rings. The van der Waals surface area contributed by atoms with Gasteiger partial charge in [0.15, 0.2) is 0 Å². The number of aromatic nitrogens is 1. The molecule has 0 aliphatic rings. The van der Waals surface area contributed by atoms with E-state index in [1.807, 2.05) is 19.9 Å². The van der Waals surface area contributed by atoms with Gasteiger partial charge in [0.1, 0.15) is 5.82 Å². The number of nitrogens with zero attached hydrogens (tertiary/aromatic N) is 1. The topological polar surface area (TPSA) is 85.2 Å². The van der Waals surface area contributed by atoms with Gasteiger partial charge in [0.2, 0.25) is 0 Å². The summed E-state index contributed by atoms with van der Waals surface area (Å²) < 4.78 is 0. The van der Waals surface area contributed by atoms with Crippen molar-refractivity contribution in [2.45, 2.75) is 19.9 Å². The molecule has 1 atom stereocenters. The Labute approximate surface area is 96.1 Å². The highest BCUT2D eigenvalue weighted by Crippen LogP contribution is 2.32. The average Bonchev–Trinajstić information content (AvgIpc) is 2.17. The number of aliphatic hydroxyl groups is 1. The fraction of sp³-hybridized carbons (Fsp3) is 0.500. The molecule has 1 aromatic rings. The zero-order valence-electron chi connectivity index (χ0n) is 8.97. The molecule has 0 unspecified atom stereocenters. The van der Waals surface area contributed by atoms with Crippen LogP contribution in [0.1, 0.15) is 25.5 Å². The number of pyridine rings is 1. The van der Waals surface area contributed by atoms with Gasteiger partial charge in [0.05, 0.1) is 0 Å². The van der Waals surface area contributed by atoms with Crippen molar-refractivity contribution < 1.29 is 5.11 Å². The maximum atomic E-state index is 9.18. The molecule has 15 heavy (non-hydrogen) atoms. The average molecular weight is 232 g/mol. The number of nitrogens with two attached hydrogens (primary N) is 2. The Balaban J connectivity index is 0.00000196. The van der Waals surface area contributed by atoms with Gasteiger partial charge in [0, 0.05) is 29.8 Å². The van der Waals surface area contributed by atoms with Crippen molar-refractivity contribution in [2.75, 3.05) is 12.3 Å². The molecule has 0 radical (unpaired) electrons. The molecule has 5 heteroatoms. The Morgan fingerprint density at radius 1 is 1.53 bits per heavy atom. The molecule has 1 rings (SSSR count). The van der Waals surface area contributed by atoms with E-state index in [1.54, 1.807) is 12.3 Å². The molecule has 0 saturated carbocycles. The van der Waals surface area contributed by atoms with Crippen LogP contribution in [0.4, 0.5) is 5.82 Å². The number of aliphatic hydroxyl groups excluding tert-OH is 1. The van der Waals surface area contributed by atoms with E-state index in [0.29, 0.717) is 5.82 Å². The second-order valence-electron chi connectivity index (χ2n) is 4.10. The number of anilines is 1. The van der Waals surface area contributed by atoms with E-state index >= 15 is 0 Å². The van der Waals surface area contributed by atoms with Gasteiger partial charge in [-0.3, -0.25) is 0 Å². The maximum Gasteiger partial charge on any atom is 0.128 e. The van der Waals surface area contributed by atoms with Crippen LogP contribution in [0.3, 0.4) is 0 Å². The molecule has 0 spiro atoms. The predicted molar refractivity (Wildman–Crippen MR) is 63.7 cm³/mol. The third-order valence-electron chi connectivity index (χ3n) is 2.46. The quantitative estimate of drug-likeness (QED) is 0.728. The Bertz CT molecular complexity index is 317. The second-order valence-corrected chi connectivity index (χ2v) is 4.10. The van der Waals surface area contributed by atoms with E-state index in [-0.39, 0.29) is 25.1 Å². The highest BCUT2D eigenvalue weighted by molar-refractivity contribution is 5.85. The van der Waals surface area contributed by atoms with Gasteiger partial charge >= 0.3 is 0 Å². The summed E-state index contributed by atoms with van der Waals surface area (Å²) in [6.07, 6.45) is 1.62. The standard InChI is InChI=1S/C10H17N3O.ClH/c1-10(2,6-14)8(11)7-4-3-5-13-9(7)12;/h3-5,8,14H,6,11H2,1-2H3,(H2,12,13);1H/t8-;/m0./s1. The molecule has 0 aliphatic heterocycles. The second kappa shape index (κ2) is 5.30. The summed E-state index contributed by atoms with van der Waals surface area (Å²) in [4.78, 5) is 3.96. The number of nitrogen functional groups attached to an aromatic ring is 1. The fourth-order valence-corrected chi connectivity index (χ4v) is 1.21. The van der Waals surface area contributed by atoms with E-state index in [2.05, 4.69) is 4.98 Å². The summed E-state index contributed by atoms with van der Waals surface area (Å²) in [5.41, 5.74) is 12.1. The molecule has 0 aromatic carbocycles. The van der Waals surface area contributed by atoms with Gasteiger partial charge in [-0.25, -0.2) is 4.98 Å². The summed E-state index contributed by atoms with van der Waals surface area (Å²) in [5, 5.41) is 9.18. The summed E-state index contributed by atoms with van der Waals surface area (Å²) in [5.74, 6) is 0.432. The first kappa shape index (κ1) is 14.2. The lowest BCUT2D eigenvalue weighted by Crippen LogP contribution is -2.33. The van der Waals surface area contributed by atoms with Crippen molar-refractivity contribution in [1.82, 2.24) is 4.98 Å². The maximum absolute atomic E-state index is 9.18. The zero-order chi connectivity index (χ0) is 10.8. The van der Waals surface area contributed by atoms with Gasteiger partial charge in [-0.2, -0.15) is 0 Å². The van der Waals surface area contributed by atoms with Crippen LogP contribution < -0.4 is 11.5 Å². The van der Waals surface area contributed by atoms with Gasteiger partial charge in [0.25, 0.3) is 0 Å². The Kier molecular flexibility index (Phi) is 5.00. The number of halogens is 1. The van der Waals surface area contributed by atoms with Crippen molar-refractivity contribution in [2.24, 2.45) is 11.1 Å². The highest BCUT2D eigenvalue weighted by atomic mass is 35.5. The Morgan fingerprint density at radius 2 is 2.13 bits per heavy atom. The van der Waals surface area contributed by atoms with Crippen LogP contribution >= 0.6 is 12.4 Å². The van der Waals surface area contributed by atoms with E-state index in [9.17, 15) is 5.11 Å². The summed E-state index contributed by atoms with van der Waals surface area (Å²) in [7, 11) is 0. The first-order valence-corrected chi connectivity index (χ1v) is 4.56. The van der Waals surface area contributed by atoms with Crippen LogP contribution in [0.5, 0.6) is 0 Å². The summed E-state index contributed by atoms with van der Waals surface area (Å²) in [6, 6.07) is 3.32. The fourth-order valence-electron chi connectivity index (χ4n) is 1.21. The van der Waals surface area contributed by atoms with Crippen LogP contribution in [-0.4, -0.2) is 16.7 Å². The van der Waals surface area contributed by atoms with Crippen molar-refractivity contribution in [3.63, 3.8) is 0 Å². The zero-order valence-corrected chi connectivity index (χ0v) is 9.79. The molecule has 4 nitrogen and oxygen atoms in total. The minimum atomic E-state index is -0.392. The summed E-state index contributed by atoms with van der Waals surface area (Å²) >= 11 is 0. The van der Waals surface area contributed by atoms with E-state index < -0.39 is 5.41 Å². The van der Waals surface area contributed by atoms with E-state index in [4.69, 9.17) is 11.5 Å². The molecule has 5 N–H and O–H groups in total. The van der Waals surface area contributed by atoms with Gasteiger partial charge in [-0.15, -0.1) is 12.4 Å². The predicted octanol–water partition coefficient (Wildman–Crippen LogP) is 1.10. The van der Waals surface area contributed by atoms with Crippen molar-refractivity contribution >= 4 is 18.2 Å². The first-order valence-electron chi connectivity index (χ1n) is 4.56. The third kappa shape index (κ3) is 3.06. The first-order chi connectivity index (χ1) is 6.49. The van der Waals surface area contributed by atoms with E-state index in [1.165, 1.54) is 0 Å². The van der Waals surface area contributed by atoms with Gasteiger partial charge in [-0.05, 0) is 6.07 Å². The molecule has 0 saturated heterocycles. The molecule has 1 aromatic heterocycles. The van der Waals surface area contributed by atoms with Crippen LogP contribution in [0.2, 0.25) is 0 Å². The lowest BCUT2D eigenvalue weighted by Gasteiger charge is -2.30. The lowest BCUT2D eigenvalue weighted by atomic mass is 9.82. The van der Waals surface area contributed by atoms with Crippen molar-refractivity contribution in [3.05, 3.63) is 23.9 Å². The third-order valence-corrected chi connectivity index (χ3v) is 2.46. The monoisotopic (exact) mass is 231 g/mol. The number of hydrogen-bond donors (Lipinski definition) is 3. The number of rotatable bonds is 3. The molecule has 86 valence electrons. The van der Waals surface area contributed by atoms with Crippen LogP contribution in [0.15, 0.2) is 18.3 Å². The number of hydrogen-bond acceptors (Lipinski definition) is 4. The summed E-state index contributed by atoms with van der Waals surface area (Å²) in [6.45, 7) is 3.80. The lowest BCUT2D eigenvalue weighted by molar-refractivity contribution is 0.132. The van der Waals surface area contributed by atoms with Crippen LogP contribution in [-0.2, 0) is 0 Å². The SMILES string of the molecule is CC(C)(CO)[C@@H](N)c1cccnc1N.Cl. The van der Waals surface area contributed by atoms with Crippen molar-refractivity contribution in [3.8, 4) is 0 Å². The Morgan fingerprint density at radius 3 is 2.60 bits per heavy atom. The molecule has 0 aliphatic carbocycles. The van der Waals surface area contributed by atoms with Gasteiger partial charge < -0.3 is 16.6 Å². The molecular weight excluding hydrogens is 214 g/mol. The smallest absolute Gasteiger partial charge is 0.128 e. The van der Waals surface area contributed by atoms with Crippen LogP contribution in [0.25, 0.3) is 0 Å². The van der Waals surface area contributed by atoms with Gasteiger partial charge in [-0.1, -0.05) is 19.9 Å². The van der Waals surface area contributed by atoms with Crippen LogP contribution in [0, 0.1) is 5.41 Å². The Hall–Kier alpha value is -0.840. The molecule has 1 heterocycles. The molecule has 0 amide bonds. The minimum Gasteiger partial charge on any atom is -0.396 e. The normalized spacial score (nSPS) is 13.1. The molecular formula is C10H18ClN3O. The van der Waals surface area contributed by atoms with E-state index in [0.717, 1.165) is 5.56 Å². The van der Waals surface area contributed by atoms with Crippen molar-refractivity contribution in [1.29, 1.82) is 0 Å². The minimum absolute atomic E-state index is 0. The highest BCUT2D eigenvalue weighted by Gasteiger charge is 2.28. The largest absolute Gasteiger partial charge is 0.396 e.